The molecule has 0 saturated carbocycles. The molecular formula is C28H56NaO5S. The molecule has 205 valence electrons. The maximum Gasteiger partial charge on any atom is 0.323 e. The fraction of sp³-hybridized carbons (Fsp3) is 0.964. The van der Waals surface area contributed by atoms with Gasteiger partial charge in [0.2, 0.25) is 0 Å². The number of ether oxygens (including phenoxy) is 1. The molecule has 0 fully saturated rings. The Kier molecular flexibility index (Phi) is 31.0. The molecule has 0 aromatic heterocycles. The second-order valence-corrected chi connectivity index (χ2v) is 11.5. The molecule has 7 heteroatoms. The van der Waals surface area contributed by atoms with Gasteiger partial charge in [0.05, 0.1) is 6.61 Å². The normalized spacial score (nSPS) is 11.4. The van der Waals surface area contributed by atoms with Crippen molar-refractivity contribution in [2.75, 3.05) is 12.4 Å². The second kappa shape index (κ2) is 28.9. The summed E-state index contributed by atoms with van der Waals surface area (Å²) in [6.45, 7) is 2.51. The smallest absolute Gasteiger partial charge is 0.323 e. The van der Waals surface area contributed by atoms with Crippen LogP contribution in [0.2, 0.25) is 0 Å². The van der Waals surface area contributed by atoms with Gasteiger partial charge in [-0.2, -0.15) is 8.42 Å². The molecule has 1 radical (unpaired) electrons. The summed E-state index contributed by atoms with van der Waals surface area (Å²) in [5, 5.41) is 0. The van der Waals surface area contributed by atoms with Crippen LogP contribution in [0.4, 0.5) is 0 Å². The molecule has 35 heavy (non-hydrogen) atoms. The van der Waals surface area contributed by atoms with Gasteiger partial charge in [-0.3, -0.25) is 9.35 Å². The maximum absolute atomic E-state index is 11.1. The largest absolute Gasteiger partial charge is 0.465 e. The molecule has 0 bridgehead atoms. The third-order valence-electron chi connectivity index (χ3n) is 6.56. The summed E-state index contributed by atoms with van der Waals surface area (Å²) in [5.41, 5.74) is 0. The van der Waals surface area contributed by atoms with E-state index in [1.807, 2.05) is 0 Å². The second-order valence-electron chi connectivity index (χ2n) is 10.1. The minimum absolute atomic E-state index is 0. The Morgan fingerprint density at radius 3 is 1.06 bits per heavy atom. The van der Waals surface area contributed by atoms with Gasteiger partial charge in [-0.25, -0.2) is 0 Å². The molecule has 0 aromatic carbocycles. The predicted octanol–water partition coefficient (Wildman–Crippen LogP) is 8.42. The number of unbranched alkanes of at least 4 members (excludes halogenated alkanes) is 23. The van der Waals surface area contributed by atoms with Crippen LogP contribution in [0.25, 0.3) is 0 Å². The number of hydrogen-bond acceptors (Lipinski definition) is 4. The van der Waals surface area contributed by atoms with Gasteiger partial charge in [0, 0.05) is 29.6 Å². The van der Waals surface area contributed by atoms with E-state index in [1.165, 1.54) is 135 Å². The average molecular weight is 528 g/mol. The van der Waals surface area contributed by atoms with Crippen LogP contribution < -0.4 is 0 Å². The molecule has 0 saturated heterocycles. The summed E-state index contributed by atoms with van der Waals surface area (Å²) in [6, 6.07) is 0. The van der Waals surface area contributed by atoms with Crippen molar-refractivity contribution in [1.82, 2.24) is 0 Å². The average Bonchev–Trinajstić information content (AvgIpc) is 2.78. The fourth-order valence-corrected chi connectivity index (χ4v) is 4.82. The third-order valence-corrected chi connectivity index (χ3v) is 7.16. The summed E-state index contributed by atoms with van der Waals surface area (Å²) >= 11 is 0. The van der Waals surface area contributed by atoms with Gasteiger partial charge in [0.15, 0.2) is 5.75 Å². The molecule has 0 aliphatic carbocycles. The van der Waals surface area contributed by atoms with Crippen molar-refractivity contribution < 1.29 is 22.5 Å². The first kappa shape index (κ1) is 37.5. The van der Waals surface area contributed by atoms with Gasteiger partial charge in [0.25, 0.3) is 10.1 Å². The molecule has 0 spiro atoms. The minimum atomic E-state index is -4.28. The topological polar surface area (TPSA) is 80.7 Å². The van der Waals surface area contributed by atoms with E-state index in [1.54, 1.807) is 0 Å². The monoisotopic (exact) mass is 527 g/mol. The van der Waals surface area contributed by atoms with Crippen molar-refractivity contribution in [3.05, 3.63) is 0 Å². The SMILES string of the molecule is CCCCCCCCCCCCCCCCCCCCCCCCCCOC(=O)CS(=O)(=O)O.[Na]. The van der Waals surface area contributed by atoms with Crippen LogP contribution in [-0.2, 0) is 19.6 Å². The summed E-state index contributed by atoms with van der Waals surface area (Å²) in [5.74, 6) is -1.83. The van der Waals surface area contributed by atoms with Crippen LogP contribution >= 0.6 is 0 Å². The fourth-order valence-electron chi connectivity index (χ4n) is 4.44. The molecule has 1 N–H and O–H groups in total. The minimum Gasteiger partial charge on any atom is -0.465 e. The van der Waals surface area contributed by atoms with Crippen molar-refractivity contribution in [2.24, 2.45) is 0 Å². The van der Waals surface area contributed by atoms with E-state index >= 15 is 0 Å². The van der Waals surface area contributed by atoms with Crippen LogP contribution in [0.1, 0.15) is 161 Å². The Morgan fingerprint density at radius 2 is 0.800 bits per heavy atom. The Labute approximate surface area is 240 Å². The van der Waals surface area contributed by atoms with E-state index in [4.69, 9.17) is 9.29 Å². The van der Waals surface area contributed by atoms with Gasteiger partial charge in [-0.1, -0.05) is 155 Å². The zero-order chi connectivity index (χ0) is 25.2. The first-order valence-corrected chi connectivity index (χ1v) is 16.2. The Hall–Kier alpha value is 0.380. The summed E-state index contributed by atoms with van der Waals surface area (Å²) in [4.78, 5) is 11.1. The van der Waals surface area contributed by atoms with Gasteiger partial charge in [-0.15, -0.1) is 0 Å². The first-order valence-electron chi connectivity index (χ1n) is 14.6. The van der Waals surface area contributed by atoms with Crippen molar-refractivity contribution in [3.63, 3.8) is 0 Å². The van der Waals surface area contributed by atoms with Crippen LogP contribution in [0.3, 0.4) is 0 Å². The standard InChI is InChI=1S/C28H56O5S.Na/c1-2-3-4-5-6-7-8-9-10-11-12-13-14-15-16-17-18-19-20-21-22-23-24-25-26-33-28(29)27-34(30,31)32;/h2-27H2,1H3,(H,30,31,32);. The first-order chi connectivity index (χ1) is 16.5. The molecule has 0 unspecified atom stereocenters. The van der Waals surface area contributed by atoms with Crippen molar-refractivity contribution >= 4 is 45.6 Å². The van der Waals surface area contributed by atoms with Crippen LogP contribution in [0.5, 0.6) is 0 Å². The maximum atomic E-state index is 11.1. The van der Waals surface area contributed by atoms with Crippen molar-refractivity contribution in [2.45, 2.75) is 161 Å². The zero-order valence-electron chi connectivity index (χ0n) is 23.4. The van der Waals surface area contributed by atoms with Gasteiger partial charge in [-0.05, 0) is 6.42 Å². The van der Waals surface area contributed by atoms with Crippen LogP contribution in [0, 0.1) is 0 Å². The molecule has 0 rings (SSSR count). The number of hydrogen-bond donors (Lipinski definition) is 1. The van der Waals surface area contributed by atoms with E-state index < -0.39 is 21.8 Å². The van der Waals surface area contributed by atoms with Crippen molar-refractivity contribution in [3.8, 4) is 0 Å². The van der Waals surface area contributed by atoms with Crippen molar-refractivity contribution in [1.29, 1.82) is 0 Å². The van der Waals surface area contributed by atoms with Gasteiger partial charge >= 0.3 is 5.97 Å². The third kappa shape index (κ3) is 34.4. The van der Waals surface area contributed by atoms with Gasteiger partial charge in [0.1, 0.15) is 0 Å². The number of carbonyl (C=O) groups excluding carboxylic acids is 1. The van der Waals surface area contributed by atoms with Crippen LogP contribution in [-0.4, -0.2) is 60.9 Å². The molecule has 0 aliphatic rings. The molecular weight excluding hydrogens is 471 g/mol. The molecule has 0 atom stereocenters. The van der Waals surface area contributed by atoms with E-state index in [0.29, 0.717) is 0 Å². The molecule has 0 heterocycles. The molecule has 5 nitrogen and oxygen atoms in total. The number of rotatable bonds is 27. The van der Waals surface area contributed by atoms with Gasteiger partial charge < -0.3 is 4.74 Å². The molecule has 0 aromatic rings. The number of esters is 1. The Bertz CT molecular complexity index is 539. The summed E-state index contributed by atoms with van der Waals surface area (Å²) < 4.78 is 34.4. The molecule has 0 aliphatic heterocycles. The zero-order valence-corrected chi connectivity index (χ0v) is 26.2. The van der Waals surface area contributed by atoms with E-state index in [-0.39, 0.29) is 36.2 Å². The van der Waals surface area contributed by atoms with Crippen LogP contribution in [0.15, 0.2) is 0 Å². The quantitative estimate of drug-likeness (QED) is 0.0502. The Morgan fingerprint density at radius 1 is 0.543 bits per heavy atom. The predicted molar refractivity (Wildman–Crippen MR) is 150 cm³/mol. The summed E-state index contributed by atoms with van der Waals surface area (Å²) in [6.07, 6.45) is 32.1. The Balaban J connectivity index is 0. The van der Waals surface area contributed by atoms with E-state index in [2.05, 4.69) is 6.92 Å². The summed E-state index contributed by atoms with van der Waals surface area (Å²) in [7, 11) is -4.28. The van der Waals surface area contributed by atoms with E-state index in [9.17, 15) is 13.2 Å². The molecule has 0 amide bonds. The van der Waals surface area contributed by atoms with E-state index in [0.717, 1.165) is 19.3 Å². The number of carbonyl (C=O) groups is 1.